The van der Waals surface area contributed by atoms with Gasteiger partial charge in [-0.2, -0.15) is 0 Å². The van der Waals surface area contributed by atoms with E-state index in [0.717, 1.165) is 5.56 Å². The summed E-state index contributed by atoms with van der Waals surface area (Å²) in [6.07, 6.45) is -0.151. The van der Waals surface area contributed by atoms with Crippen LogP contribution >= 0.6 is 0 Å². The van der Waals surface area contributed by atoms with Crippen LogP contribution in [0.2, 0.25) is 0 Å². The Balaban J connectivity index is 2.22. The van der Waals surface area contributed by atoms with Gasteiger partial charge >= 0.3 is 5.97 Å². The average molecular weight is 292 g/mol. The van der Waals surface area contributed by atoms with E-state index in [9.17, 15) is 14.4 Å². The van der Waals surface area contributed by atoms with Gasteiger partial charge in [0.25, 0.3) is 0 Å². The Morgan fingerprint density at radius 3 is 2.43 bits per heavy atom. The van der Waals surface area contributed by atoms with Gasteiger partial charge in [-0.05, 0) is 12.6 Å². The smallest absolute Gasteiger partial charge is 0.374 e. The third-order valence-corrected chi connectivity index (χ3v) is 2.72. The Hall–Kier alpha value is -2.21. The van der Waals surface area contributed by atoms with Gasteiger partial charge in [0.2, 0.25) is 11.7 Å². The first-order valence-electron chi connectivity index (χ1n) is 6.78. The summed E-state index contributed by atoms with van der Waals surface area (Å²) in [4.78, 5) is 34.4. The number of ether oxygens (including phenoxy) is 1. The highest BCUT2D eigenvalue weighted by molar-refractivity contribution is 6.33. The van der Waals surface area contributed by atoms with Gasteiger partial charge in [-0.1, -0.05) is 30.3 Å². The second-order valence-corrected chi connectivity index (χ2v) is 4.44. The Bertz CT molecular complexity index is 474. The molecule has 0 radical (unpaired) electrons. The number of hydrogen-bond acceptors (Lipinski definition) is 5. The maximum atomic E-state index is 11.5. The van der Waals surface area contributed by atoms with Crippen LogP contribution in [-0.2, 0) is 25.7 Å². The molecule has 0 aromatic heterocycles. The summed E-state index contributed by atoms with van der Waals surface area (Å²) in [5.41, 5.74) is 0.809. The van der Waals surface area contributed by atoms with Crippen LogP contribution in [-0.4, -0.2) is 37.8 Å². The number of Topliss-reactive ketones (excluding diaryl/α,β-unsaturated/α-hetero) is 1. The van der Waals surface area contributed by atoms with E-state index in [-0.39, 0.29) is 25.4 Å². The van der Waals surface area contributed by atoms with Crippen LogP contribution in [0, 0.1) is 0 Å². The van der Waals surface area contributed by atoms with E-state index >= 15 is 0 Å². The number of esters is 1. The zero-order valence-electron chi connectivity index (χ0n) is 12.1. The van der Waals surface area contributed by atoms with Gasteiger partial charge in [0, 0.05) is 25.9 Å². The summed E-state index contributed by atoms with van der Waals surface area (Å²) >= 11 is 0. The first-order chi connectivity index (χ1) is 10.1. The standard InChI is InChI=1S/C15H20N2O4/c1-16-9-10-17-14(19)8-7-13(18)15(20)21-11-12-5-3-2-4-6-12/h2-6,16H,7-11H2,1H3,(H,17,19). The first-order valence-corrected chi connectivity index (χ1v) is 6.78. The number of nitrogens with one attached hydrogen (secondary N) is 2. The lowest BCUT2D eigenvalue weighted by Crippen LogP contribution is -2.31. The predicted octanol–water partition coefficient (Wildman–Crippen LogP) is 0.415. The van der Waals surface area contributed by atoms with Crippen molar-refractivity contribution in [3.05, 3.63) is 35.9 Å². The number of hydrogen-bond donors (Lipinski definition) is 2. The van der Waals surface area contributed by atoms with Gasteiger partial charge in [-0.25, -0.2) is 4.79 Å². The van der Waals surface area contributed by atoms with E-state index < -0.39 is 11.8 Å². The van der Waals surface area contributed by atoms with E-state index in [0.29, 0.717) is 13.1 Å². The molecule has 6 heteroatoms. The predicted molar refractivity (Wildman–Crippen MR) is 77.4 cm³/mol. The van der Waals surface area contributed by atoms with E-state index in [1.54, 1.807) is 19.2 Å². The SMILES string of the molecule is CNCCNC(=O)CCC(=O)C(=O)OCc1ccccc1. The molecule has 1 rings (SSSR count). The monoisotopic (exact) mass is 292 g/mol. The summed E-state index contributed by atoms with van der Waals surface area (Å²) in [6.45, 7) is 1.20. The van der Waals surface area contributed by atoms with E-state index in [4.69, 9.17) is 4.74 Å². The van der Waals surface area contributed by atoms with Crippen molar-refractivity contribution in [1.29, 1.82) is 0 Å². The molecule has 0 heterocycles. The lowest BCUT2D eigenvalue weighted by molar-refractivity contribution is -0.155. The molecule has 114 valence electrons. The van der Waals surface area contributed by atoms with Crippen molar-refractivity contribution >= 4 is 17.7 Å². The molecule has 0 unspecified atom stereocenters. The first kappa shape index (κ1) is 16.8. The van der Waals surface area contributed by atoms with Gasteiger partial charge < -0.3 is 15.4 Å². The maximum Gasteiger partial charge on any atom is 0.374 e. The fourth-order valence-electron chi connectivity index (χ4n) is 1.55. The van der Waals surface area contributed by atoms with Crippen LogP contribution < -0.4 is 10.6 Å². The van der Waals surface area contributed by atoms with Gasteiger partial charge in [-0.3, -0.25) is 9.59 Å². The second-order valence-electron chi connectivity index (χ2n) is 4.44. The largest absolute Gasteiger partial charge is 0.455 e. The zero-order valence-corrected chi connectivity index (χ0v) is 12.1. The lowest BCUT2D eigenvalue weighted by Gasteiger charge is -2.05. The Morgan fingerprint density at radius 1 is 1.05 bits per heavy atom. The van der Waals surface area contributed by atoms with Crippen LogP contribution in [0.4, 0.5) is 0 Å². The van der Waals surface area contributed by atoms with Crippen LogP contribution in [0.25, 0.3) is 0 Å². The van der Waals surface area contributed by atoms with Crippen molar-refractivity contribution in [2.75, 3.05) is 20.1 Å². The van der Waals surface area contributed by atoms with E-state index in [2.05, 4.69) is 10.6 Å². The number of ketones is 1. The number of benzene rings is 1. The molecule has 1 aromatic rings. The molecule has 0 aliphatic heterocycles. The average Bonchev–Trinajstić information content (AvgIpc) is 2.51. The molecule has 6 nitrogen and oxygen atoms in total. The minimum absolute atomic E-state index is 0.0109. The van der Waals surface area contributed by atoms with Gasteiger partial charge in [0.1, 0.15) is 6.61 Å². The summed E-state index contributed by atoms with van der Waals surface area (Å²) < 4.78 is 4.89. The fourth-order valence-corrected chi connectivity index (χ4v) is 1.55. The maximum absolute atomic E-state index is 11.5. The van der Waals surface area contributed by atoms with Crippen molar-refractivity contribution < 1.29 is 19.1 Å². The molecule has 2 N–H and O–H groups in total. The number of carbonyl (C=O) groups excluding carboxylic acids is 3. The van der Waals surface area contributed by atoms with Crippen LogP contribution in [0.15, 0.2) is 30.3 Å². The highest BCUT2D eigenvalue weighted by Crippen LogP contribution is 2.02. The Labute approximate surface area is 123 Å². The molecule has 0 aliphatic carbocycles. The van der Waals surface area contributed by atoms with Crippen LogP contribution in [0.5, 0.6) is 0 Å². The molecule has 0 atom stereocenters. The third-order valence-electron chi connectivity index (χ3n) is 2.72. The van der Waals surface area contributed by atoms with Crippen LogP contribution in [0.1, 0.15) is 18.4 Å². The molecular weight excluding hydrogens is 272 g/mol. The van der Waals surface area contributed by atoms with Crippen LogP contribution in [0.3, 0.4) is 0 Å². The molecule has 0 saturated heterocycles. The van der Waals surface area contributed by atoms with Crippen molar-refractivity contribution in [2.45, 2.75) is 19.4 Å². The van der Waals surface area contributed by atoms with Crippen molar-refractivity contribution in [3.8, 4) is 0 Å². The number of likely N-dealkylation sites (N-methyl/N-ethyl adjacent to an activating group) is 1. The second kappa shape index (κ2) is 9.66. The quantitative estimate of drug-likeness (QED) is 0.391. The molecule has 0 saturated carbocycles. The summed E-state index contributed by atoms with van der Waals surface area (Å²) in [5, 5.41) is 5.51. The van der Waals surface area contributed by atoms with Gasteiger partial charge in [-0.15, -0.1) is 0 Å². The topological polar surface area (TPSA) is 84.5 Å². The van der Waals surface area contributed by atoms with Gasteiger partial charge in [0.05, 0.1) is 0 Å². The molecule has 0 fully saturated rings. The lowest BCUT2D eigenvalue weighted by atomic mass is 10.2. The van der Waals surface area contributed by atoms with Gasteiger partial charge in [0.15, 0.2) is 0 Å². The normalized spacial score (nSPS) is 9.95. The summed E-state index contributed by atoms with van der Waals surface area (Å²) in [7, 11) is 1.78. The van der Waals surface area contributed by atoms with Crippen molar-refractivity contribution in [1.82, 2.24) is 10.6 Å². The Kier molecular flexibility index (Phi) is 7.74. The zero-order chi connectivity index (χ0) is 15.5. The molecule has 21 heavy (non-hydrogen) atoms. The Morgan fingerprint density at radius 2 is 1.76 bits per heavy atom. The summed E-state index contributed by atoms with van der Waals surface area (Å²) in [5.74, 6) is -1.84. The molecular formula is C15H20N2O4. The molecule has 0 aliphatic rings. The minimum atomic E-state index is -0.901. The molecule has 0 spiro atoms. The number of rotatable bonds is 9. The van der Waals surface area contributed by atoms with Crippen molar-refractivity contribution in [2.24, 2.45) is 0 Å². The third kappa shape index (κ3) is 7.22. The van der Waals surface area contributed by atoms with E-state index in [1.807, 2.05) is 18.2 Å². The molecule has 1 aromatic carbocycles. The highest BCUT2D eigenvalue weighted by atomic mass is 16.5. The minimum Gasteiger partial charge on any atom is -0.455 e. The van der Waals surface area contributed by atoms with E-state index in [1.165, 1.54) is 0 Å². The number of carbonyl (C=O) groups is 3. The van der Waals surface area contributed by atoms with Crippen molar-refractivity contribution in [3.63, 3.8) is 0 Å². The number of amides is 1. The molecule has 0 bridgehead atoms. The highest BCUT2D eigenvalue weighted by Gasteiger charge is 2.16. The molecule has 1 amide bonds. The summed E-state index contributed by atoms with van der Waals surface area (Å²) in [6, 6.07) is 9.09. The fraction of sp³-hybridized carbons (Fsp3) is 0.400.